The Labute approximate surface area is 100 Å². The number of aliphatic hydroxyl groups is 1. The van der Waals surface area contributed by atoms with Gasteiger partial charge in [0.05, 0.1) is 13.2 Å². The van der Waals surface area contributed by atoms with Crippen LogP contribution in [0.25, 0.3) is 0 Å². The van der Waals surface area contributed by atoms with E-state index < -0.39 is 5.82 Å². The van der Waals surface area contributed by atoms with Gasteiger partial charge in [-0.05, 0) is 37.5 Å². The second-order valence-electron chi connectivity index (χ2n) is 4.62. The molecule has 0 spiro atoms. The van der Waals surface area contributed by atoms with Gasteiger partial charge in [-0.25, -0.2) is 4.39 Å². The molecule has 0 radical (unpaired) electrons. The molecule has 0 aromatic heterocycles. The molecule has 1 aliphatic carbocycles. The Hall–Kier alpha value is -1.13. The van der Waals surface area contributed by atoms with Gasteiger partial charge in [-0.2, -0.15) is 0 Å². The Kier molecular flexibility index (Phi) is 3.35. The van der Waals surface area contributed by atoms with Gasteiger partial charge in [0.15, 0.2) is 11.6 Å². The van der Waals surface area contributed by atoms with E-state index in [4.69, 9.17) is 10.5 Å². The number of aliphatic hydroxyl groups excluding tert-OH is 1. The second kappa shape index (κ2) is 4.63. The first-order valence-electron chi connectivity index (χ1n) is 5.91. The van der Waals surface area contributed by atoms with Crippen LogP contribution in [-0.4, -0.2) is 18.3 Å². The van der Waals surface area contributed by atoms with Crippen molar-refractivity contribution in [1.29, 1.82) is 0 Å². The summed E-state index contributed by atoms with van der Waals surface area (Å²) in [5.74, 6) is -0.147. The third-order valence-corrected chi connectivity index (χ3v) is 3.48. The van der Waals surface area contributed by atoms with Crippen LogP contribution in [0.5, 0.6) is 5.75 Å². The monoisotopic (exact) mass is 239 g/mol. The number of nitrogens with two attached hydrogens (primary N) is 1. The molecule has 0 aliphatic heterocycles. The Bertz CT molecular complexity index is 404. The van der Waals surface area contributed by atoms with Crippen molar-refractivity contribution in [2.45, 2.75) is 25.8 Å². The Morgan fingerprint density at radius 1 is 1.53 bits per heavy atom. The summed E-state index contributed by atoms with van der Waals surface area (Å²) < 4.78 is 18.8. The summed E-state index contributed by atoms with van der Waals surface area (Å²) in [7, 11) is 0. The normalized spacial score (nSPS) is 18.8. The molecule has 1 aromatic rings. The SMILES string of the molecule is CCOc1ccc(C(N)C2(CO)CC2)cc1F. The molecule has 1 atom stereocenters. The van der Waals surface area contributed by atoms with E-state index in [-0.39, 0.29) is 23.8 Å². The predicted molar refractivity (Wildman–Crippen MR) is 63.3 cm³/mol. The first-order valence-corrected chi connectivity index (χ1v) is 5.91. The lowest BCUT2D eigenvalue weighted by atomic mass is 9.91. The quantitative estimate of drug-likeness (QED) is 0.826. The summed E-state index contributed by atoms with van der Waals surface area (Å²) >= 11 is 0. The third-order valence-electron chi connectivity index (χ3n) is 3.48. The van der Waals surface area contributed by atoms with Crippen LogP contribution in [0.1, 0.15) is 31.4 Å². The molecule has 94 valence electrons. The zero-order valence-electron chi connectivity index (χ0n) is 9.95. The highest BCUT2D eigenvalue weighted by Gasteiger charge is 2.47. The summed E-state index contributed by atoms with van der Waals surface area (Å²) in [4.78, 5) is 0. The van der Waals surface area contributed by atoms with Crippen LogP contribution < -0.4 is 10.5 Å². The lowest BCUT2D eigenvalue weighted by Crippen LogP contribution is -2.25. The predicted octanol–water partition coefficient (Wildman–Crippen LogP) is 2.00. The van der Waals surface area contributed by atoms with Crippen LogP contribution in [0, 0.1) is 11.2 Å². The van der Waals surface area contributed by atoms with Crippen molar-refractivity contribution in [2.24, 2.45) is 11.1 Å². The van der Waals surface area contributed by atoms with Gasteiger partial charge in [-0.3, -0.25) is 0 Å². The largest absolute Gasteiger partial charge is 0.491 e. The number of ether oxygens (including phenoxy) is 1. The van der Waals surface area contributed by atoms with Gasteiger partial charge in [0.25, 0.3) is 0 Å². The topological polar surface area (TPSA) is 55.5 Å². The fourth-order valence-electron chi connectivity index (χ4n) is 2.06. The summed E-state index contributed by atoms with van der Waals surface area (Å²) in [6.07, 6.45) is 1.80. The third kappa shape index (κ3) is 2.28. The molecule has 17 heavy (non-hydrogen) atoms. The molecule has 1 saturated carbocycles. The van der Waals surface area contributed by atoms with Crippen molar-refractivity contribution in [1.82, 2.24) is 0 Å². The first-order chi connectivity index (χ1) is 8.13. The molecule has 1 aliphatic rings. The molecular formula is C13H18FNO2. The Balaban J connectivity index is 2.19. The van der Waals surface area contributed by atoms with Crippen molar-refractivity contribution >= 4 is 0 Å². The second-order valence-corrected chi connectivity index (χ2v) is 4.62. The van der Waals surface area contributed by atoms with E-state index in [0.717, 1.165) is 18.4 Å². The molecule has 0 amide bonds. The molecular weight excluding hydrogens is 221 g/mol. The van der Waals surface area contributed by atoms with Crippen LogP contribution in [0.15, 0.2) is 18.2 Å². The highest BCUT2D eigenvalue weighted by molar-refractivity contribution is 5.32. The van der Waals surface area contributed by atoms with Crippen LogP contribution in [0.3, 0.4) is 0 Å². The molecule has 0 heterocycles. The van der Waals surface area contributed by atoms with Crippen molar-refractivity contribution < 1.29 is 14.2 Å². The van der Waals surface area contributed by atoms with Gasteiger partial charge in [-0.15, -0.1) is 0 Å². The average Bonchev–Trinajstić information content (AvgIpc) is 3.12. The number of rotatable bonds is 5. The van der Waals surface area contributed by atoms with E-state index in [0.29, 0.717) is 6.61 Å². The number of hydrogen-bond acceptors (Lipinski definition) is 3. The van der Waals surface area contributed by atoms with Gasteiger partial charge in [0, 0.05) is 11.5 Å². The minimum atomic E-state index is -0.395. The van der Waals surface area contributed by atoms with Gasteiger partial charge in [-0.1, -0.05) is 6.07 Å². The summed E-state index contributed by atoms with van der Waals surface area (Å²) in [5.41, 5.74) is 6.55. The van der Waals surface area contributed by atoms with Crippen LogP contribution >= 0.6 is 0 Å². The van der Waals surface area contributed by atoms with Gasteiger partial charge in [0.1, 0.15) is 0 Å². The van der Waals surface area contributed by atoms with Crippen molar-refractivity contribution in [3.8, 4) is 5.75 Å². The van der Waals surface area contributed by atoms with E-state index in [9.17, 15) is 9.50 Å². The summed E-state index contributed by atoms with van der Waals surface area (Å²) in [6, 6.07) is 4.47. The molecule has 1 aromatic carbocycles. The van der Waals surface area contributed by atoms with Crippen molar-refractivity contribution in [3.05, 3.63) is 29.6 Å². The minimum absolute atomic E-state index is 0.0585. The molecule has 1 fully saturated rings. The molecule has 2 rings (SSSR count). The maximum Gasteiger partial charge on any atom is 0.165 e. The molecule has 3 nitrogen and oxygen atoms in total. The lowest BCUT2D eigenvalue weighted by Gasteiger charge is -2.21. The van der Waals surface area contributed by atoms with Crippen molar-refractivity contribution in [2.75, 3.05) is 13.2 Å². The summed E-state index contributed by atoms with van der Waals surface area (Å²) in [5, 5.41) is 9.30. The van der Waals surface area contributed by atoms with Gasteiger partial charge >= 0.3 is 0 Å². The van der Waals surface area contributed by atoms with Gasteiger partial charge < -0.3 is 15.6 Å². The zero-order chi connectivity index (χ0) is 12.5. The maximum atomic E-state index is 13.7. The number of hydrogen-bond donors (Lipinski definition) is 2. The highest BCUT2D eigenvalue weighted by atomic mass is 19.1. The van der Waals surface area contributed by atoms with E-state index in [1.54, 1.807) is 12.1 Å². The zero-order valence-corrected chi connectivity index (χ0v) is 9.95. The van der Waals surface area contributed by atoms with Gasteiger partial charge in [0.2, 0.25) is 0 Å². The minimum Gasteiger partial charge on any atom is -0.491 e. The first kappa shape index (κ1) is 12.3. The van der Waals surface area contributed by atoms with E-state index in [1.165, 1.54) is 6.07 Å². The molecule has 1 unspecified atom stereocenters. The molecule has 0 saturated heterocycles. The van der Waals surface area contributed by atoms with Crippen LogP contribution in [-0.2, 0) is 0 Å². The van der Waals surface area contributed by atoms with E-state index in [2.05, 4.69) is 0 Å². The van der Waals surface area contributed by atoms with Crippen LogP contribution in [0.2, 0.25) is 0 Å². The average molecular weight is 239 g/mol. The fourth-order valence-corrected chi connectivity index (χ4v) is 2.06. The van der Waals surface area contributed by atoms with Crippen LogP contribution in [0.4, 0.5) is 4.39 Å². The Morgan fingerprint density at radius 2 is 2.24 bits per heavy atom. The fraction of sp³-hybridized carbons (Fsp3) is 0.538. The maximum absolute atomic E-state index is 13.7. The summed E-state index contributed by atoms with van der Waals surface area (Å²) in [6.45, 7) is 2.30. The number of halogens is 1. The smallest absolute Gasteiger partial charge is 0.165 e. The molecule has 4 heteroatoms. The molecule has 3 N–H and O–H groups in total. The lowest BCUT2D eigenvalue weighted by molar-refractivity contribution is 0.187. The Morgan fingerprint density at radius 3 is 2.71 bits per heavy atom. The van der Waals surface area contributed by atoms with Crippen molar-refractivity contribution in [3.63, 3.8) is 0 Å². The van der Waals surface area contributed by atoms with E-state index in [1.807, 2.05) is 6.92 Å². The highest BCUT2D eigenvalue weighted by Crippen LogP contribution is 2.53. The number of benzene rings is 1. The molecule has 0 bridgehead atoms. The van der Waals surface area contributed by atoms with E-state index >= 15 is 0 Å². The standard InChI is InChI=1S/C13H18FNO2/c1-2-17-11-4-3-9(7-10(11)14)12(15)13(8-16)5-6-13/h3-4,7,12,16H,2,5-6,8,15H2,1H3.